The summed E-state index contributed by atoms with van der Waals surface area (Å²) in [5, 5.41) is 1.99. The first kappa shape index (κ1) is 4.36. The van der Waals surface area contributed by atoms with Crippen molar-refractivity contribution in [2.75, 3.05) is 7.05 Å². The Morgan fingerprint density at radius 3 is 2.60 bits per heavy atom. The average Bonchev–Trinajstić information content (AvgIpc) is 1.41. The van der Waals surface area contributed by atoms with Crippen LogP contribution in [-0.2, 0) is 4.94 Å². The standard InChI is InChI=1S/CH4N2O2/c1-2-5-3-4/h2H,1H3. The summed E-state index contributed by atoms with van der Waals surface area (Å²) in [6, 6.07) is 0. The summed E-state index contributed by atoms with van der Waals surface area (Å²) in [6.45, 7) is 0. The maximum Gasteiger partial charge on any atom is 0.176 e. The van der Waals surface area contributed by atoms with Crippen molar-refractivity contribution in [1.82, 2.24) is 5.48 Å². The number of hydroxylamine groups is 1. The molecule has 0 saturated heterocycles. The molecule has 1 N–H and O–H groups in total. The van der Waals surface area contributed by atoms with Crippen molar-refractivity contribution in [2.45, 2.75) is 0 Å². The second-order valence-electron chi connectivity index (χ2n) is 0.370. The van der Waals surface area contributed by atoms with Gasteiger partial charge in [-0.25, -0.2) is 0 Å². The third-order valence-corrected chi connectivity index (χ3v) is 0.129. The van der Waals surface area contributed by atoms with Crippen molar-refractivity contribution in [3.05, 3.63) is 4.91 Å². The summed E-state index contributed by atoms with van der Waals surface area (Å²) >= 11 is 0. The van der Waals surface area contributed by atoms with E-state index in [1.165, 1.54) is 7.05 Å². The van der Waals surface area contributed by atoms with E-state index in [2.05, 4.69) is 4.94 Å². The summed E-state index contributed by atoms with van der Waals surface area (Å²) in [4.78, 5) is 12.5. The van der Waals surface area contributed by atoms with Crippen LogP contribution in [-0.4, -0.2) is 7.05 Å². The second-order valence-corrected chi connectivity index (χ2v) is 0.370. The summed E-state index contributed by atoms with van der Waals surface area (Å²) in [5.41, 5.74) is 2.04. The summed E-state index contributed by atoms with van der Waals surface area (Å²) in [5.74, 6) is 0. The number of hydrogen-bond acceptors (Lipinski definition) is 4. The fraction of sp³-hybridized carbons (Fsp3) is 1.00. The van der Waals surface area contributed by atoms with Gasteiger partial charge in [-0.2, -0.15) is 0 Å². The fourth-order valence-corrected chi connectivity index (χ4v) is 0.0373. The van der Waals surface area contributed by atoms with E-state index in [-0.39, 0.29) is 0 Å². The molecule has 0 aliphatic rings. The third-order valence-electron chi connectivity index (χ3n) is 0.129. The highest BCUT2D eigenvalue weighted by atomic mass is 16.8. The van der Waals surface area contributed by atoms with Gasteiger partial charge in [0.2, 0.25) is 0 Å². The lowest BCUT2D eigenvalue weighted by Gasteiger charge is -1.78. The van der Waals surface area contributed by atoms with Gasteiger partial charge >= 0.3 is 0 Å². The molecule has 0 aliphatic carbocycles. The smallest absolute Gasteiger partial charge is 0.176 e. The lowest BCUT2D eigenvalue weighted by Crippen LogP contribution is -1.99. The Hall–Kier alpha value is -0.640. The van der Waals surface area contributed by atoms with Crippen molar-refractivity contribution in [3.63, 3.8) is 0 Å². The molecule has 0 aromatic carbocycles. The highest BCUT2D eigenvalue weighted by Gasteiger charge is 1.58. The second kappa shape index (κ2) is 3.36. The SMILES string of the molecule is CNON=O. The van der Waals surface area contributed by atoms with Crippen LogP contribution < -0.4 is 5.48 Å². The van der Waals surface area contributed by atoms with Crippen molar-refractivity contribution >= 4 is 0 Å². The molecule has 30 valence electrons. The molecule has 0 radical (unpaired) electrons. The number of nitrogens with zero attached hydrogens (tertiary/aromatic N) is 1. The van der Waals surface area contributed by atoms with Crippen LogP contribution in [0.25, 0.3) is 0 Å². The van der Waals surface area contributed by atoms with Crippen molar-refractivity contribution in [3.8, 4) is 0 Å². The van der Waals surface area contributed by atoms with E-state index in [0.717, 1.165) is 0 Å². The van der Waals surface area contributed by atoms with E-state index < -0.39 is 0 Å². The number of hydrogen-bond donors (Lipinski definition) is 1. The van der Waals surface area contributed by atoms with Crippen LogP contribution in [0.1, 0.15) is 0 Å². The zero-order valence-corrected chi connectivity index (χ0v) is 2.76. The molecule has 0 aromatic rings. The van der Waals surface area contributed by atoms with E-state index in [1.807, 2.05) is 10.8 Å². The molecule has 0 rings (SSSR count). The number of rotatable bonds is 2. The van der Waals surface area contributed by atoms with E-state index in [9.17, 15) is 0 Å². The van der Waals surface area contributed by atoms with Crippen molar-refractivity contribution in [1.29, 1.82) is 0 Å². The lowest BCUT2D eigenvalue weighted by molar-refractivity contribution is 0.0604. The summed E-state index contributed by atoms with van der Waals surface area (Å²) in [7, 11) is 1.45. The van der Waals surface area contributed by atoms with Gasteiger partial charge in [0.1, 0.15) is 0 Å². The topological polar surface area (TPSA) is 50.7 Å². The lowest BCUT2D eigenvalue weighted by atomic mass is 11.6. The highest BCUT2D eigenvalue weighted by Crippen LogP contribution is 1.53. The van der Waals surface area contributed by atoms with Gasteiger partial charge in [0.05, 0.1) is 0 Å². The molecule has 0 amide bonds. The molecule has 4 heteroatoms. The molecular weight excluding hydrogens is 72.0 g/mol. The first-order valence-electron chi connectivity index (χ1n) is 1.07. The Labute approximate surface area is 29.0 Å². The molecule has 4 nitrogen and oxygen atoms in total. The normalized spacial score (nSPS) is 6.60. The molecule has 0 heterocycles. The summed E-state index contributed by atoms with van der Waals surface area (Å²) < 4.78 is 0. The molecule has 5 heavy (non-hydrogen) atoms. The molecule has 0 saturated carbocycles. The van der Waals surface area contributed by atoms with E-state index in [1.54, 1.807) is 0 Å². The summed E-state index contributed by atoms with van der Waals surface area (Å²) in [6.07, 6.45) is 0. The van der Waals surface area contributed by atoms with Gasteiger partial charge in [-0.15, -0.1) is 10.4 Å². The number of nitrogens with one attached hydrogen (secondary N) is 1. The average molecular weight is 76.1 g/mol. The molecule has 0 unspecified atom stereocenters. The molecule has 0 aliphatic heterocycles. The molecule has 0 atom stereocenters. The maximum atomic E-state index is 8.87. The predicted octanol–water partition coefficient (Wildman–Crippen LogP) is -0.181. The van der Waals surface area contributed by atoms with Crippen LogP contribution >= 0.6 is 0 Å². The first-order chi connectivity index (χ1) is 2.41. The Morgan fingerprint density at radius 2 is 2.60 bits per heavy atom. The van der Waals surface area contributed by atoms with Gasteiger partial charge in [-0.05, 0) is 0 Å². The van der Waals surface area contributed by atoms with Gasteiger partial charge in [-0.1, -0.05) is 0 Å². The fourth-order valence-electron chi connectivity index (χ4n) is 0.0373. The minimum absolute atomic E-state index is 1.45. The van der Waals surface area contributed by atoms with E-state index in [0.29, 0.717) is 0 Å². The van der Waals surface area contributed by atoms with Crippen LogP contribution in [0.3, 0.4) is 0 Å². The highest BCUT2D eigenvalue weighted by molar-refractivity contribution is 3.92. The van der Waals surface area contributed by atoms with E-state index in [4.69, 9.17) is 4.91 Å². The molecular formula is CH4N2O2. The molecule has 0 fully saturated rings. The van der Waals surface area contributed by atoms with Crippen LogP contribution in [0.15, 0.2) is 5.34 Å². The molecule has 0 spiro atoms. The maximum absolute atomic E-state index is 8.87. The molecule has 0 aromatic heterocycles. The van der Waals surface area contributed by atoms with Gasteiger partial charge in [-0.3, -0.25) is 4.94 Å². The Balaban J connectivity index is 2.40. The minimum atomic E-state index is 1.45. The van der Waals surface area contributed by atoms with Gasteiger partial charge < -0.3 is 0 Å². The Bertz CT molecular complexity index is 28.8. The van der Waals surface area contributed by atoms with Gasteiger partial charge in [0, 0.05) is 7.05 Å². The van der Waals surface area contributed by atoms with Crippen molar-refractivity contribution < 1.29 is 4.94 Å². The Kier molecular flexibility index (Phi) is 2.93. The van der Waals surface area contributed by atoms with Crippen LogP contribution in [0, 0.1) is 4.91 Å². The van der Waals surface area contributed by atoms with Crippen LogP contribution in [0.5, 0.6) is 0 Å². The quantitative estimate of drug-likeness (QED) is 0.366. The first-order valence-corrected chi connectivity index (χ1v) is 1.07. The zero-order chi connectivity index (χ0) is 4.12. The van der Waals surface area contributed by atoms with Gasteiger partial charge in [0.15, 0.2) is 5.34 Å². The minimum Gasteiger partial charge on any atom is -0.263 e. The van der Waals surface area contributed by atoms with Crippen molar-refractivity contribution in [2.24, 2.45) is 5.34 Å². The Morgan fingerprint density at radius 1 is 2.00 bits per heavy atom. The van der Waals surface area contributed by atoms with Gasteiger partial charge in [0.25, 0.3) is 0 Å². The largest absolute Gasteiger partial charge is 0.263 e. The monoisotopic (exact) mass is 76.0 g/mol. The zero-order valence-electron chi connectivity index (χ0n) is 2.76. The third kappa shape index (κ3) is 3.36. The van der Waals surface area contributed by atoms with Crippen LogP contribution in [0.4, 0.5) is 0 Å². The molecule has 0 bridgehead atoms. The van der Waals surface area contributed by atoms with Crippen LogP contribution in [0.2, 0.25) is 0 Å². The van der Waals surface area contributed by atoms with E-state index >= 15 is 0 Å². The predicted molar refractivity (Wildman–Crippen MR) is 15.9 cm³/mol.